The number of amides is 1. The van der Waals surface area contributed by atoms with Gasteiger partial charge in [-0.3, -0.25) is 4.79 Å². The van der Waals surface area contributed by atoms with Gasteiger partial charge in [-0.1, -0.05) is 12.1 Å². The molecule has 0 bridgehead atoms. The normalized spacial score (nSPS) is 21.3. The summed E-state index contributed by atoms with van der Waals surface area (Å²) in [5, 5.41) is 6.20. The molecule has 0 saturated carbocycles. The fourth-order valence-electron chi connectivity index (χ4n) is 2.04. The first-order valence-electron chi connectivity index (χ1n) is 5.93. The van der Waals surface area contributed by atoms with Gasteiger partial charge >= 0.3 is 0 Å². The summed E-state index contributed by atoms with van der Waals surface area (Å²) in [4.78, 5) is 11.0. The molecular weight excluding hydrogens is 219 g/mol. The van der Waals surface area contributed by atoms with Crippen LogP contribution in [0.25, 0.3) is 0 Å². The molecule has 1 heterocycles. The molecule has 1 saturated heterocycles. The first-order valence-corrected chi connectivity index (χ1v) is 5.93. The number of rotatable bonds is 4. The Kier molecular flexibility index (Phi) is 3.74. The van der Waals surface area contributed by atoms with Crippen molar-refractivity contribution in [1.82, 2.24) is 10.6 Å². The minimum absolute atomic E-state index is 0.0863. The maximum atomic E-state index is 13.0. The van der Waals surface area contributed by atoms with E-state index in [0.717, 1.165) is 18.5 Å². The van der Waals surface area contributed by atoms with E-state index < -0.39 is 0 Å². The average Bonchev–Trinajstić information content (AvgIpc) is 2.72. The lowest BCUT2D eigenvalue weighted by atomic mass is 10.1. The summed E-state index contributed by atoms with van der Waals surface area (Å²) in [5.74, 6) is -0.0967. The topological polar surface area (TPSA) is 41.1 Å². The van der Waals surface area contributed by atoms with E-state index in [9.17, 15) is 9.18 Å². The van der Waals surface area contributed by atoms with Crippen LogP contribution in [-0.4, -0.2) is 18.5 Å². The highest BCUT2D eigenvalue weighted by molar-refractivity contribution is 5.78. The maximum absolute atomic E-state index is 13.0. The summed E-state index contributed by atoms with van der Waals surface area (Å²) < 4.78 is 13.0. The Bertz CT molecular complexity index is 408. The number of nitrogens with one attached hydrogen (secondary N) is 2. The molecule has 1 fully saturated rings. The van der Waals surface area contributed by atoms with Crippen molar-refractivity contribution in [2.75, 3.05) is 6.54 Å². The third-order valence-electron chi connectivity index (χ3n) is 3.10. The van der Waals surface area contributed by atoms with Crippen molar-refractivity contribution in [2.24, 2.45) is 0 Å². The van der Waals surface area contributed by atoms with Crippen molar-refractivity contribution >= 4 is 5.91 Å². The van der Waals surface area contributed by atoms with Crippen LogP contribution in [-0.2, 0) is 4.79 Å². The molecule has 4 heteroatoms. The Hall–Kier alpha value is -1.42. The zero-order valence-corrected chi connectivity index (χ0v) is 9.87. The van der Waals surface area contributed by atoms with Gasteiger partial charge in [-0.25, -0.2) is 4.39 Å². The van der Waals surface area contributed by atoms with Crippen molar-refractivity contribution in [3.8, 4) is 0 Å². The molecule has 1 aromatic carbocycles. The molecule has 2 rings (SSSR count). The van der Waals surface area contributed by atoms with Crippen molar-refractivity contribution in [3.05, 3.63) is 35.6 Å². The lowest BCUT2D eigenvalue weighted by molar-refractivity contribution is -0.119. The van der Waals surface area contributed by atoms with Gasteiger partial charge in [0.25, 0.3) is 0 Å². The van der Waals surface area contributed by atoms with Crippen LogP contribution in [0, 0.1) is 5.82 Å². The van der Waals surface area contributed by atoms with E-state index in [2.05, 4.69) is 10.6 Å². The summed E-state index contributed by atoms with van der Waals surface area (Å²) in [6, 6.07) is 6.87. The van der Waals surface area contributed by atoms with Gasteiger partial charge in [0.05, 0.1) is 0 Å². The Balaban J connectivity index is 1.85. The summed E-state index contributed by atoms with van der Waals surface area (Å²) in [6.45, 7) is 2.72. The fraction of sp³-hybridized carbons (Fsp3) is 0.462. The number of carbonyl (C=O) groups excluding carboxylic acids is 1. The molecule has 1 amide bonds. The number of benzene rings is 1. The highest BCUT2D eigenvalue weighted by Crippen LogP contribution is 2.14. The van der Waals surface area contributed by atoms with Gasteiger partial charge in [-0.05, 0) is 31.0 Å². The molecule has 3 nitrogen and oxygen atoms in total. The maximum Gasteiger partial charge on any atom is 0.220 e. The van der Waals surface area contributed by atoms with Crippen LogP contribution >= 0.6 is 0 Å². The standard InChI is InChI=1S/C13H17FN2O/c1-9(10-3-2-4-11(14)7-10)15-8-12-5-6-13(17)16-12/h2-4,7,9,12,15H,5-6,8H2,1H3,(H,16,17)/t9-,12?/m1/s1. The molecule has 1 aliphatic rings. The van der Waals surface area contributed by atoms with Crippen LogP contribution in [0.3, 0.4) is 0 Å². The monoisotopic (exact) mass is 236 g/mol. The van der Waals surface area contributed by atoms with Gasteiger partial charge in [0.2, 0.25) is 5.91 Å². The van der Waals surface area contributed by atoms with Crippen molar-refractivity contribution < 1.29 is 9.18 Å². The number of hydrogen-bond donors (Lipinski definition) is 2. The first-order chi connectivity index (χ1) is 8.15. The average molecular weight is 236 g/mol. The molecule has 0 radical (unpaired) electrons. The van der Waals surface area contributed by atoms with Gasteiger partial charge in [0, 0.05) is 25.0 Å². The highest BCUT2D eigenvalue weighted by Gasteiger charge is 2.20. The number of hydrogen-bond acceptors (Lipinski definition) is 2. The third-order valence-corrected chi connectivity index (χ3v) is 3.10. The molecule has 92 valence electrons. The van der Waals surface area contributed by atoms with E-state index in [4.69, 9.17) is 0 Å². The van der Waals surface area contributed by atoms with Crippen molar-refractivity contribution in [1.29, 1.82) is 0 Å². The van der Waals surface area contributed by atoms with Crippen LogP contribution < -0.4 is 10.6 Å². The van der Waals surface area contributed by atoms with Gasteiger partial charge < -0.3 is 10.6 Å². The van der Waals surface area contributed by atoms with Crippen LogP contribution in [0.5, 0.6) is 0 Å². The SMILES string of the molecule is C[C@@H](NCC1CCC(=O)N1)c1cccc(F)c1. The Labute approximate surface area is 100 Å². The molecule has 17 heavy (non-hydrogen) atoms. The Morgan fingerprint density at radius 2 is 2.41 bits per heavy atom. The van der Waals surface area contributed by atoms with Crippen LogP contribution in [0.4, 0.5) is 4.39 Å². The fourth-order valence-corrected chi connectivity index (χ4v) is 2.04. The van der Waals surface area contributed by atoms with E-state index in [1.807, 2.05) is 13.0 Å². The number of halogens is 1. The second-order valence-electron chi connectivity index (χ2n) is 4.49. The second-order valence-corrected chi connectivity index (χ2v) is 4.49. The zero-order valence-electron chi connectivity index (χ0n) is 9.87. The van der Waals surface area contributed by atoms with Crippen molar-refractivity contribution in [2.45, 2.75) is 31.8 Å². The van der Waals surface area contributed by atoms with Crippen LogP contribution in [0.2, 0.25) is 0 Å². The molecule has 0 spiro atoms. The molecule has 2 atom stereocenters. The molecule has 0 aliphatic carbocycles. The lowest BCUT2D eigenvalue weighted by Gasteiger charge is -2.17. The van der Waals surface area contributed by atoms with E-state index in [1.165, 1.54) is 12.1 Å². The van der Waals surface area contributed by atoms with E-state index in [0.29, 0.717) is 6.42 Å². The molecular formula is C13H17FN2O. The van der Waals surface area contributed by atoms with Gasteiger partial charge in [-0.15, -0.1) is 0 Å². The first kappa shape index (κ1) is 12.0. The van der Waals surface area contributed by atoms with Crippen molar-refractivity contribution in [3.63, 3.8) is 0 Å². The van der Waals surface area contributed by atoms with Gasteiger partial charge in [0.1, 0.15) is 5.82 Å². The summed E-state index contributed by atoms with van der Waals surface area (Å²) in [5.41, 5.74) is 0.925. The highest BCUT2D eigenvalue weighted by atomic mass is 19.1. The third kappa shape index (κ3) is 3.27. The largest absolute Gasteiger partial charge is 0.352 e. The smallest absolute Gasteiger partial charge is 0.220 e. The zero-order chi connectivity index (χ0) is 12.3. The minimum Gasteiger partial charge on any atom is -0.352 e. The number of carbonyl (C=O) groups is 1. The second kappa shape index (κ2) is 5.27. The summed E-state index contributed by atoms with van der Waals surface area (Å²) in [7, 11) is 0. The summed E-state index contributed by atoms with van der Waals surface area (Å²) >= 11 is 0. The van der Waals surface area contributed by atoms with E-state index in [1.54, 1.807) is 6.07 Å². The van der Waals surface area contributed by atoms with E-state index >= 15 is 0 Å². The Morgan fingerprint density at radius 1 is 1.59 bits per heavy atom. The lowest BCUT2D eigenvalue weighted by Crippen LogP contribution is -2.36. The molecule has 1 aliphatic heterocycles. The predicted molar refractivity (Wildman–Crippen MR) is 64.0 cm³/mol. The molecule has 2 N–H and O–H groups in total. The quantitative estimate of drug-likeness (QED) is 0.836. The van der Waals surface area contributed by atoms with E-state index in [-0.39, 0.29) is 23.8 Å². The van der Waals surface area contributed by atoms with Crippen LogP contribution in [0.15, 0.2) is 24.3 Å². The van der Waals surface area contributed by atoms with Gasteiger partial charge in [-0.2, -0.15) is 0 Å². The predicted octanol–water partition coefficient (Wildman–Crippen LogP) is 1.75. The molecule has 0 aromatic heterocycles. The molecule has 1 aromatic rings. The Morgan fingerprint density at radius 3 is 3.06 bits per heavy atom. The van der Waals surface area contributed by atoms with Crippen LogP contribution in [0.1, 0.15) is 31.4 Å². The van der Waals surface area contributed by atoms with Gasteiger partial charge in [0.15, 0.2) is 0 Å². The minimum atomic E-state index is -0.217. The summed E-state index contributed by atoms with van der Waals surface area (Å²) in [6.07, 6.45) is 1.49. The molecule has 1 unspecified atom stereocenters.